The van der Waals surface area contributed by atoms with E-state index < -0.39 is 0 Å². The summed E-state index contributed by atoms with van der Waals surface area (Å²) >= 11 is 0. The van der Waals surface area contributed by atoms with Crippen LogP contribution in [0.3, 0.4) is 0 Å². The Morgan fingerprint density at radius 2 is 1.59 bits per heavy atom. The molecule has 2 atom stereocenters. The first-order valence-electron chi connectivity index (χ1n) is 8.11. The van der Waals surface area contributed by atoms with Gasteiger partial charge in [0.05, 0.1) is 0 Å². The van der Waals surface area contributed by atoms with Crippen LogP contribution in [0.25, 0.3) is 0 Å². The van der Waals surface area contributed by atoms with E-state index in [0.29, 0.717) is 0 Å². The Balaban J connectivity index is 3.74. The van der Waals surface area contributed by atoms with E-state index in [1.54, 1.807) is 0 Å². The van der Waals surface area contributed by atoms with E-state index in [4.69, 9.17) is 0 Å². The van der Waals surface area contributed by atoms with Crippen molar-refractivity contribution >= 4 is 7.85 Å². The maximum Gasteiger partial charge on any atom is 0.101 e. The van der Waals surface area contributed by atoms with Crippen molar-refractivity contribution in [3.63, 3.8) is 0 Å². The third-order valence-electron chi connectivity index (χ3n) is 4.13. The van der Waals surface area contributed by atoms with Crippen LogP contribution in [0.4, 0.5) is 0 Å². The summed E-state index contributed by atoms with van der Waals surface area (Å²) in [5.41, 5.74) is 0. The predicted molar refractivity (Wildman–Crippen MR) is 83.5 cm³/mol. The molecule has 0 bridgehead atoms. The monoisotopic (exact) mass is 238 g/mol. The zero-order valence-corrected chi connectivity index (χ0v) is 13.1. The summed E-state index contributed by atoms with van der Waals surface area (Å²) in [6.07, 6.45) is 12.8. The largest absolute Gasteiger partial charge is 0.101 e. The minimum atomic E-state index is 0.875. The lowest BCUT2D eigenvalue weighted by Gasteiger charge is -2.24. The molecule has 0 aliphatic rings. The molecule has 0 aromatic rings. The summed E-state index contributed by atoms with van der Waals surface area (Å²) in [5.74, 6) is 2.78. The first-order valence-corrected chi connectivity index (χ1v) is 8.11. The topological polar surface area (TPSA) is 0 Å². The highest BCUT2D eigenvalue weighted by molar-refractivity contribution is 6.08. The molecule has 0 nitrogen and oxygen atoms in total. The van der Waals surface area contributed by atoms with Crippen molar-refractivity contribution < 1.29 is 0 Å². The Hall–Kier alpha value is 0.0649. The first kappa shape index (κ1) is 17.1. The van der Waals surface area contributed by atoms with Gasteiger partial charge in [-0.3, -0.25) is 0 Å². The summed E-state index contributed by atoms with van der Waals surface area (Å²) in [6, 6.07) is 0. The molecule has 1 heteroatoms. The SMILES string of the molecule is BCCCC(C[C@H](C)CCCCCC)C(C)C. The van der Waals surface area contributed by atoms with E-state index in [0.717, 1.165) is 17.8 Å². The molecule has 0 aliphatic heterocycles. The van der Waals surface area contributed by atoms with Gasteiger partial charge in [0.2, 0.25) is 0 Å². The van der Waals surface area contributed by atoms with Gasteiger partial charge >= 0.3 is 0 Å². The van der Waals surface area contributed by atoms with Crippen LogP contribution in [0.15, 0.2) is 0 Å². The zero-order valence-electron chi connectivity index (χ0n) is 13.1. The second kappa shape index (κ2) is 11.2. The van der Waals surface area contributed by atoms with Crippen molar-refractivity contribution in [1.82, 2.24) is 0 Å². The van der Waals surface area contributed by atoms with Crippen LogP contribution in [0.1, 0.15) is 79.1 Å². The van der Waals surface area contributed by atoms with E-state index >= 15 is 0 Å². The summed E-state index contributed by atoms with van der Waals surface area (Å²) in [6.45, 7) is 9.57. The minimum absolute atomic E-state index is 0.875. The molecule has 0 aromatic heterocycles. The van der Waals surface area contributed by atoms with Gasteiger partial charge in [-0.1, -0.05) is 79.0 Å². The Bertz CT molecular complexity index is 154. The van der Waals surface area contributed by atoms with E-state index in [9.17, 15) is 0 Å². The maximum absolute atomic E-state index is 2.47. The Kier molecular flexibility index (Phi) is 11.2. The Morgan fingerprint density at radius 1 is 0.882 bits per heavy atom. The van der Waals surface area contributed by atoms with Gasteiger partial charge in [-0.25, -0.2) is 0 Å². The molecule has 0 rings (SSSR count). The van der Waals surface area contributed by atoms with E-state index in [1.807, 2.05) is 0 Å². The Labute approximate surface area is 111 Å². The van der Waals surface area contributed by atoms with Crippen LogP contribution < -0.4 is 0 Å². The molecule has 0 aromatic carbocycles. The molecule has 0 fully saturated rings. The second-order valence-electron chi connectivity index (χ2n) is 6.34. The van der Waals surface area contributed by atoms with Crippen LogP contribution >= 0.6 is 0 Å². The molecule has 0 aliphatic carbocycles. The average Bonchev–Trinajstić information content (AvgIpc) is 2.29. The quantitative estimate of drug-likeness (QED) is 0.347. The summed E-state index contributed by atoms with van der Waals surface area (Å²) in [5, 5.41) is 0. The summed E-state index contributed by atoms with van der Waals surface area (Å²) in [7, 11) is 2.31. The standard InChI is InChI=1S/C16H35B/c1-5-6-7-8-10-15(4)13-16(14(2)3)11-9-12-17/h14-16H,5-13,17H2,1-4H3/t15-,16?/m1/s1. The van der Waals surface area contributed by atoms with Gasteiger partial charge in [-0.2, -0.15) is 0 Å². The second-order valence-corrected chi connectivity index (χ2v) is 6.34. The van der Waals surface area contributed by atoms with Crippen LogP contribution in [-0.4, -0.2) is 7.85 Å². The van der Waals surface area contributed by atoms with Crippen molar-refractivity contribution in [2.24, 2.45) is 17.8 Å². The minimum Gasteiger partial charge on any atom is -0.0810 e. The molecule has 0 N–H and O–H groups in total. The van der Waals surface area contributed by atoms with Crippen molar-refractivity contribution in [3.8, 4) is 0 Å². The fourth-order valence-electron chi connectivity index (χ4n) is 2.74. The molecule has 102 valence electrons. The van der Waals surface area contributed by atoms with E-state index in [-0.39, 0.29) is 0 Å². The predicted octanol–water partition coefficient (Wildman–Crippen LogP) is 5.09. The summed E-state index contributed by atoms with van der Waals surface area (Å²) < 4.78 is 0. The molecule has 0 saturated carbocycles. The van der Waals surface area contributed by atoms with Gasteiger partial charge < -0.3 is 0 Å². The lowest BCUT2D eigenvalue weighted by molar-refractivity contribution is 0.276. The molecule has 0 spiro atoms. The van der Waals surface area contributed by atoms with Crippen molar-refractivity contribution in [2.45, 2.75) is 85.4 Å². The number of hydrogen-bond donors (Lipinski definition) is 0. The van der Waals surface area contributed by atoms with Crippen LogP contribution in [0, 0.1) is 17.8 Å². The zero-order chi connectivity index (χ0) is 13.1. The molecule has 17 heavy (non-hydrogen) atoms. The fraction of sp³-hybridized carbons (Fsp3) is 1.00. The van der Waals surface area contributed by atoms with Gasteiger partial charge in [0.15, 0.2) is 0 Å². The lowest BCUT2D eigenvalue weighted by atomic mass is 9.81. The molecule has 0 amide bonds. The van der Waals surface area contributed by atoms with Gasteiger partial charge in [-0.05, 0) is 24.2 Å². The van der Waals surface area contributed by atoms with Crippen molar-refractivity contribution in [1.29, 1.82) is 0 Å². The van der Waals surface area contributed by atoms with Gasteiger partial charge in [0.25, 0.3) is 0 Å². The van der Waals surface area contributed by atoms with E-state index in [2.05, 4.69) is 35.5 Å². The van der Waals surface area contributed by atoms with Gasteiger partial charge in [0, 0.05) is 0 Å². The average molecular weight is 238 g/mol. The lowest BCUT2D eigenvalue weighted by Crippen LogP contribution is -2.13. The Morgan fingerprint density at radius 3 is 2.12 bits per heavy atom. The smallest absolute Gasteiger partial charge is 0.0810 e. The third kappa shape index (κ3) is 9.74. The highest BCUT2D eigenvalue weighted by atomic mass is 14.2. The fourth-order valence-corrected chi connectivity index (χ4v) is 2.74. The number of unbranched alkanes of at least 4 members (excludes halogenated alkanes) is 3. The molecule has 0 saturated heterocycles. The third-order valence-corrected chi connectivity index (χ3v) is 4.13. The highest BCUT2D eigenvalue weighted by Crippen LogP contribution is 2.28. The highest BCUT2D eigenvalue weighted by Gasteiger charge is 2.16. The van der Waals surface area contributed by atoms with E-state index in [1.165, 1.54) is 57.7 Å². The normalized spacial score (nSPS) is 15.1. The van der Waals surface area contributed by atoms with Crippen molar-refractivity contribution in [2.75, 3.05) is 0 Å². The molecule has 0 heterocycles. The van der Waals surface area contributed by atoms with Gasteiger partial charge in [0.1, 0.15) is 7.85 Å². The number of rotatable bonds is 11. The summed E-state index contributed by atoms with van der Waals surface area (Å²) in [4.78, 5) is 0. The van der Waals surface area contributed by atoms with Crippen molar-refractivity contribution in [3.05, 3.63) is 0 Å². The van der Waals surface area contributed by atoms with Crippen LogP contribution in [0.5, 0.6) is 0 Å². The number of hydrogen-bond acceptors (Lipinski definition) is 0. The maximum atomic E-state index is 2.47. The molecular formula is C16H35B. The first-order chi connectivity index (χ1) is 8.11. The molecule has 1 unspecified atom stereocenters. The molecule has 0 radical (unpaired) electrons. The van der Waals surface area contributed by atoms with Crippen LogP contribution in [0.2, 0.25) is 6.32 Å². The van der Waals surface area contributed by atoms with Crippen LogP contribution in [-0.2, 0) is 0 Å². The van der Waals surface area contributed by atoms with Gasteiger partial charge in [-0.15, -0.1) is 0 Å². The molecular weight excluding hydrogens is 203 g/mol.